The molecule has 0 aromatic heterocycles. The van der Waals surface area contributed by atoms with Crippen LogP contribution in [-0.2, 0) is 9.16 Å². The van der Waals surface area contributed by atoms with Crippen LogP contribution in [0, 0.1) is 0 Å². The van der Waals surface area contributed by atoms with Crippen molar-refractivity contribution < 1.29 is 9.16 Å². The highest BCUT2D eigenvalue weighted by Crippen LogP contribution is 2.36. The van der Waals surface area contributed by atoms with Crippen LogP contribution in [0.4, 0.5) is 0 Å². The minimum atomic E-state index is -1.50. The quantitative estimate of drug-likeness (QED) is 0.384. The smallest absolute Gasteiger partial charge is 0.191 e. The Kier molecular flexibility index (Phi) is 5.01. The number of unbranched alkanes of at least 4 members (excludes halogenated alkanes) is 2. The van der Waals surface area contributed by atoms with Gasteiger partial charge in [0.25, 0.3) is 0 Å². The van der Waals surface area contributed by atoms with Gasteiger partial charge in [-0.2, -0.15) is 0 Å². The van der Waals surface area contributed by atoms with E-state index in [1.807, 2.05) is 0 Å². The van der Waals surface area contributed by atoms with E-state index in [4.69, 9.17) is 9.16 Å². The first-order chi connectivity index (χ1) is 7.33. The van der Waals surface area contributed by atoms with E-state index < -0.39 is 8.32 Å². The molecule has 0 amide bonds. The van der Waals surface area contributed by atoms with Gasteiger partial charge in [0.2, 0.25) is 0 Å². The summed E-state index contributed by atoms with van der Waals surface area (Å²) >= 11 is 0. The van der Waals surface area contributed by atoms with Crippen LogP contribution < -0.4 is 0 Å². The lowest BCUT2D eigenvalue weighted by atomic mass is 10.2. The Morgan fingerprint density at radius 2 is 1.81 bits per heavy atom. The lowest BCUT2D eigenvalue weighted by Crippen LogP contribution is -2.40. The van der Waals surface area contributed by atoms with Crippen LogP contribution in [0.15, 0.2) is 0 Å². The standard InChI is InChI=1S/C13H28O2Si/c1-13(2,3)16(4,5)15-10-8-6-7-9-12-11-14-12/h12H,6-11H2,1-5H3. The molecule has 1 rings (SSSR count). The van der Waals surface area contributed by atoms with Crippen LogP contribution in [0.25, 0.3) is 0 Å². The molecule has 96 valence electrons. The summed E-state index contributed by atoms with van der Waals surface area (Å²) in [6, 6.07) is 0. The second-order valence-corrected chi connectivity index (χ2v) is 11.2. The van der Waals surface area contributed by atoms with E-state index in [1.54, 1.807) is 0 Å². The van der Waals surface area contributed by atoms with E-state index in [2.05, 4.69) is 33.9 Å². The molecule has 0 aromatic carbocycles. The fourth-order valence-electron chi connectivity index (χ4n) is 1.43. The van der Waals surface area contributed by atoms with Crippen LogP contribution in [0.5, 0.6) is 0 Å². The average molecular weight is 244 g/mol. The predicted molar refractivity (Wildman–Crippen MR) is 71.4 cm³/mol. The summed E-state index contributed by atoms with van der Waals surface area (Å²) in [6.45, 7) is 13.5. The summed E-state index contributed by atoms with van der Waals surface area (Å²) in [4.78, 5) is 0. The first kappa shape index (κ1) is 14.2. The van der Waals surface area contributed by atoms with Gasteiger partial charge in [-0.05, 0) is 31.0 Å². The Bertz CT molecular complexity index is 204. The monoisotopic (exact) mass is 244 g/mol. The predicted octanol–water partition coefficient (Wildman–Crippen LogP) is 3.97. The van der Waals surface area contributed by atoms with E-state index in [1.165, 1.54) is 25.7 Å². The zero-order chi connectivity index (χ0) is 12.2. The lowest BCUT2D eigenvalue weighted by molar-refractivity contribution is 0.276. The van der Waals surface area contributed by atoms with Gasteiger partial charge in [0.05, 0.1) is 12.7 Å². The number of epoxide rings is 1. The Labute approximate surface area is 102 Å². The van der Waals surface area contributed by atoms with Gasteiger partial charge in [0, 0.05) is 6.61 Å². The van der Waals surface area contributed by atoms with E-state index >= 15 is 0 Å². The van der Waals surface area contributed by atoms with E-state index in [0.29, 0.717) is 11.1 Å². The topological polar surface area (TPSA) is 21.8 Å². The van der Waals surface area contributed by atoms with Crippen molar-refractivity contribution in [2.75, 3.05) is 13.2 Å². The van der Waals surface area contributed by atoms with Gasteiger partial charge < -0.3 is 9.16 Å². The molecule has 0 aromatic rings. The van der Waals surface area contributed by atoms with Crippen molar-refractivity contribution in [3.63, 3.8) is 0 Å². The first-order valence-corrected chi connectivity index (χ1v) is 9.49. The second kappa shape index (κ2) is 5.65. The Morgan fingerprint density at radius 1 is 1.19 bits per heavy atom. The molecule has 2 nitrogen and oxygen atoms in total. The van der Waals surface area contributed by atoms with E-state index in [-0.39, 0.29) is 0 Å². The minimum Gasteiger partial charge on any atom is -0.417 e. The van der Waals surface area contributed by atoms with Gasteiger partial charge in [-0.25, -0.2) is 0 Å². The van der Waals surface area contributed by atoms with Gasteiger partial charge in [-0.15, -0.1) is 0 Å². The largest absolute Gasteiger partial charge is 0.417 e. The zero-order valence-electron chi connectivity index (χ0n) is 11.6. The third-order valence-electron chi connectivity index (χ3n) is 3.84. The molecule has 0 radical (unpaired) electrons. The maximum atomic E-state index is 6.12. The van der Waals surface area contributed by atoms with Gasteiger partial charge >= 0.3 is 0 Å². The number of hydrogen-bond donors (Lipinski definition) is 0. The average Bonchev–Trinajstić information content (AvgIpc) is 2.92. The highest BCUT2D eigenvalue weighted by Gasteiger charge is 2.36. The zero-order valence-corrected chi connectivity index (χ0v) is 12.6. The van der Waals surface area contributed by atoms with Gasteiger partial charge in [0.1, 0.15) is 0 Å². The summed E-state index contributed by atoms with van der Waals surface area (Å²) in [7, 11) is -1.50. The molecular formula is C13H28O2Si. The number of hydrogen-bond acceptors (Lipinski definition) is 2. The SMILES string of the molecule is CC(C)(C)[Si](C)(C)OCCCCCC1CO1. The molecule has 0 saturated carbocycles. The van der Waals surface area contributed by atoms with Crippen molar-refractivity contribution in [2.24, 2.45) is 0 Å². The number of rotatable bonds is 7. The molecule has 0 N–H and O–H groups in total. The highest BCUT2D eigenvalue weighted by atomic mass is 28.4. The molecule has 0 spiro atoms. The molecule has 0 aliphatic carbocycles. The van der Waals surface area contributed by atoms with Crippen molar-refractivity contribution in [1.82, 2.24) is 0 Å². The molecule has 1 aliphatic rings. The van der Waals surface area contributed by atoms with E-state index in [0.717, 1.165) is 13.2 Å². The van der Waals surface area contributed by atoms with Crippen LogP contribution >= 0.6 is 0 Å². The normalized spacial score (nSPS) is 21.2. The van der Waals surface area contributed by atoms with Crippen molar-refractivity contribution in [3.05, 3.63) is 0 Å². The minimum absolute atomic E-state index is 0.342. The molecule has 1 heterocycles. The van der Waals surface area contributed by atoms with Gasteiger partial charge in [0.15, 0.2) is 8.32 Å². The summed E-state index contributed by atoms with van der Waals surface area (Å²) in [5.41, 5.74) is 0. The van der Waals surface area contributed by atoms with Crippen LogP contribution in [0.3, 0.4) is 0 Å². The fourth-order valence-corrected chi connectivity index (χ4v) is 2.52. The van der Waals surface area contributed by atoms with Crippen molar-refractivity contribution in [3.8, 4) is 0 Å². The first-order valence-electron chi connectivity index (χ1n) is 6.58. The molecule has 1 aliphatic heterocycles. The van der Waals surface area contributed by atoms with Crippen LogP contribution in [-0.4, -0.2) is 27.6 Å². The van der Waals surface area contributed by atoms with Crippen molar-refractivity contribution >= 4 is 8.32 Å². The highest BCUT2D eigenvalue weighted by molar-refractivity contribution is 6.74. The summed E-state index contributed by atoms with van der Waals surface area (Å²) in [5.74, 6) is 0. The maximum absolute atomic E-state index is 6.12. The Hall–Kier alpha value is 0.137. The third-order valence-corrected chi connectivity index (χ3v) is 8.38. The molecule has 0 bridgehead atoms. The van der Waals surface area contributed by atoms with Crippen LogP contribution in [0.2, 0.25) is 18.1 Å². The fraction of sp³-hybridized carbons (Fsp3) is 1.00. The van der Waals surface area contributed by atoms with Crippen molar-refractivity contribution in [2.45, 2.75) is 70.7 Å². The second-order valence-electron chi connectivity index (χ2n) is 6.41. The van der Waals surface area contributed by atoms with Gasteiger partial charge in [-0.1, -0.05) is 33.6 Å². The lowest BCUT2D eigenvalue weighted by Gasteiger charge is -2.36. The Balaban J connectivity index is 2.00. The summed E-state index contributed by atoms with van der Waals surface area (Å²) < 4.78 is 11.3. The molecule has 1 atom stereocenters. The molecule has 3 heteroatoms. The molecule has 1 fully saturated rings. The molecule has 1 saturated heterocycles. The third kappa shape index (κ3) is 4.98. The van der Waals surface area contributed by atoms with Gasteiger partial charge in [-0.3, -0.25) is 0 Å². The van der Waals surface area contributed by atoms with Crippen LogP contribution in [0.1, 0.15) is 46.5 Å². The number of ether oxygens (including phenoxy) is 1. The van der Waals surface area contributed by atoms with Crippen molar-refractivity contribution in [1.29, 1.82) is 0 Å². The maximum Gasteiger partial charge on any atom is 0.191 e. The Morgan fingerprint density at radius 3 is 2.31 bits per heavy atom. The molecular weight excluding hydrogens is 216 g/mol. The summed E-state index contributed by atoms with van der Waals surface area (Å²) in [5, 5.41) is 0.342. The van der Waals surface area contributed by atoms with E-state index in [9.17, 15) is 0 Å². The molecule has 1 unspecified atom stereocenters. The molecule has 16 heavy (non-hydrogen) atoms. The summed E-state index contributed by atoms with van der Waals surface area (Å²) in [6.07, 6.45) is 5.64.